The monoisotopic (exact) mass is 469 g/mol. The Kier molecular flexibility index (Phi) is 5.22. The smallest absolute Gasteiger partial charge is 0.256 e. The number of amides is 1. The van der Waals surface area contributed by atoms with E-state index in [1.807, 2.05) is 0 Å². The molecule has 0 saturated carbocycles. The summed E-state index contributed by atoms with van der Waals surface area (Å²) in [4.78, 5) is 18.9. The van der Waals surface area contributed by atoms with Gasteiger partial charge in [0.05, 0.1) is 35.4 Å². The first-order chi connectivity index (χ1) is 15.8. The van der Waals surface area contributed by atoms with Gasteiger partial charge in [-0.3, -0.25) is 9.89 Å². The van der Waals surface area contributed by atoms with Crippen molar-refractivity contribution >= 4 is 49.1 Å². The van der Waals surface area contributed by atoms with Crippen molar-refractivity contribution < 1.29 is 22.3 Å². The van der Waals surface area contributed by atoms with Gasteiger partial charge in [-0.15, -0.1) is 0 Å². The zero-order valence-electron chi connectivity index (χ0n) is 17.6. The van der Waals surface area contributed by atoms with E-state index in [0.29, 0.717) is 59.6 Å². The Morgan fingerprint density at radius 3 is 2.67 bits per heavy atom. The molecule has 170 valence electrons. The number of carbonyl (C=O) groups excluding carboxylic acids is 1. The van der Waals surface area contributed by atoms with Crippen LogP contribution in [0.1, 0.15) is 10.4 Å². The van der Waals surface area contributed by atoms with Gasteiger partial charge >= 0.3 is 0 Å². The van der Waals surface area contributed by atoms with Gasteiger partial charge in [0.15, 0.2) is 15.7 Å². The predicted octanol–water partition coefficient (Wildman–Crippen LogP) is 2.87. The second kappa shape index (κ2) is 8.09. The molecule has 2 aromatic heterocycles. The van der Waals surface area contributed by atoms with Gasteiger partial charge < -0.3 is 15.0 Å². The largest absolute Gasteiger partial charge is 0.378 e. The van der Waals surface area contributed by atoms with Crippen LogP contribution >= 0.6 is 0 Å². The normalized spacial score (nSPS) is 14.7. The molecule has 33 heavy (non-hydrogen) atoms. The number of H-pyrrole nitrogens is 1. The molecule has 1 saturated heterocycles. The number of fused-ring (bicyclic) bond motifs is 3. The number of ether oxygens (including phenoxy) is 1. The molecule has 11 heteroatoms. The van der Waals surface area contributed by atoms with Crippen molar-refractivity contribution in [3.63, 3.8) is 0 Å². The molecule has 0 atom stereocenters. The molecule has 1 fully saturated rings. The van der Waals surface area contributed by atoms with Crippen molar-refractivity contribution in [3.05, 3.63) is 54.0 Å². The highest BCUT2D eigenvalue weighted by atomic mass is 32.2. The van der Waals surface area contributed by atoms with Crippen LogP contribution in [0, 0.1) is 5.82 Å². The van der Waals surface area contributed by atoms with Gasteiger partial charge in [0.1, 0.15) is 11.3 Å². The molecule has 0 spiro atoms. The lowest BCUT2D eigenvalue weighted by Crippen LogP contribution is -2.41. The van der Waals surface area contributed by atoms with Crippen molar-refractivity contribution in [2.45, 2.75) is 4.90 Å². The topological polar surface area (TPSA) is 117 Å². The number of morpholine rings is 1. The standard InChI is InChI=1S/C22H20FN5O4S/c1-33(30,31)14-3-5-19-16(11-14)17-12-24-27-20(17)21(26-19)25-13-2-4-15(18(23)10-13)22(29)28-6-8-32-9-7-28/h2-5,10-12H,6-9H2,1H3,(H,24,27)(H,25,26). The summed E-state index contributed by atoms with van der Waals surface area (Å²) in [5.74, 6) is -0.617. The third kappa shape index (κ3) is 4.00. The van der Waals surface area contributed by atoms with Crippen LogP contribution in [0.25, 0.3) is 21.8 Å². The first-order valence-electron chi connectivity index (χ1n) is 10.2. The van der Waals surface area contributed by atoms with E-state index in [1.165, 1.54) is 18.2 Å². The molecule has 4 aromatic rings. The van der Waals surface area contributed by atoms with Crippen LogP contribution in [-0.4, -0.2) is 67.0 Å². The van der Waals surface area contributed by atoms with E-state index >= 15 is 0 Å². The molecule has 2 N–H and O–H groups in total. The zero-order chi connectivity index (χ0) is 23.2. The molecule has 0 aliphatic carbocycles. The summed E-state index contributed by atoms with van der Waals surface area (Å²) >= 11 is 0. The number of rotatable bonds is 4. The highest BCUT2D eigenvalue weighted by molar-refractivity contribution is 7.90. The average molecular weight is 469 g/mol. The fourth-order valence-electron chi connectivity index (χ4n) is 3.84. The molecule has 3 heterocycles. The van der Waals surface area contributed by atoms with Crippen molar-refractivity contribution in [2.24, 2.45) is 0 Å². The molecular weight excluding hydrogens is 449 g/mol. The van der Waals surface area contributed by atoms with E-state index in [1.54, 1.807) is 29.3 Å². The zero-order valence-corrected chi connectivity index (χ0v) is 18.4. The lowest BCUT2D eigenvalue weighted by molar-refractivity contribution is 0.0300. The molecular formula is C22H20FN5O4S. The van der Waals surface area contributed by atoms with Crippen LogP contribution in [-0.2, 0) is 14.6 Å². The minimum Gasteiger partial charge on any atom is -0.378 e. The highest BCUT2D eigenvalue weighted by Gasteiger charge is 2.22. The van der Waals surface area contributed by atoms with Crippen molar-refractivity contribution in [1.29, 1.82) is 0 Å². The molecule has 0 radical (unpaired) electrons. The first-order valence-corrected chi connectivity index (χ1v) is 12.1. The quantitative estimate of drug-likeness (QED) is 0.472. The number of carbonyl (C=O) groups is 1. The van der Waals surface area contributed by atoms with Crippen LogP contribution in [0.4, 0.5) is 15.9 Å². The third-order valence-electron chi connectivity index (χ3n) is 5.56. The summed E-state index contributed by atoms with van der Waals surface area (Å²) in [7, 11) is -3.38. The van der Waals surface area contributed by atoms with Crippen LogP contribution in [0.2, 0.25) is 0 Å². The lowest BCUT2D eigenvalue weighted by atomic mass is 10.1. The molecule has 1 aliphatic rings. The first kappa shape index (κ1) is 21.3. The van der Waals surface area contributed by atoms with E-state index in [9.17, 15) is 17.6 Å². The number of halogens is 1. The Bertz CT molecular complexity index is 1500. The minimum atomic E-state index is -3.38. The number of nitrogens with one attached hydrogen (secondary N) is 2. The summed E-state index contributed by atoms with van der Waals surface area (Å²) in [6, 6.07) is 8.97. The SMILES string of the molecule is CS(=O)(=O)c1ccc2nc(Nc3ccc(C(=O)N4CCOCC4)c(F)c3)c3[nH]ncc3c2c1. The van der Waals surface area contributed by atoms with Crippen LogP contribution in [0.5, 0.6) is 0 Å². The third-order valence-corrected chi connectivity index (χ3v) is 6.67. The number of aromatic amines is 1. The summed E-state index contributed by atoms with van der Waals surface area (Å²) in [6.07, 6.45) is 2.73. The maximum atomic E-state index is 14.8. The second-order valence-electron chi connectivity index (χ2n) is 7.79. The Morgan fingerprint density at radius 1 is 1.15 bits per heavy atom. The Balaban J connectivity index is 1.49. The molecule has 0 bridgehead atoms. The van der Waals surface area contributed by atoms with E-state index in [-0.39, 0.29) is 16.4 Å². The van der Waals surface area contributed by atoms with E-state index in [0.717, 1.165) is 6.26 Å². The molecule has 1 amide bonds. The number of pyridine rings is 1. The predicted molar refractivity (Wildman–Crippen MR) is 121 cm³/mol. The number of anilines is 2. The second-order valence-corrected chi connectivity index (χ2v) is 9.81. The molecule has 0 unspecified atom stereocenters. The van der Waals surface area contributed by atoms with Gasteiger partial charge in [-0.1, -0.05) is 0 Å². The Labute approximate surface area is 188 Å². The number of hydrogen-bond acceptors (Lipinski definition) is 7. The maximum Gasteiger partial charge on any atom is 0.256 e. The fraction of sp³-hybridized carbons (Fsp3) is 0.227. The van der Waals surface area contributed by atoms with Crippen molar-refractivity contribution in [3.8, 4) is 0 Å². The number of nitrogens with zero attached hydrogens (tertiary/aromatic N) is 3. The number of aromatic nitrogens is 3. The van der Waals surface area contributed by atoms with Gasteiger partial charge in [0, 0.05) is 35.8 Å². The number of sulfone groups is 1. The van der Waals surface area contributed by atoms with Crippen molar-refractivity contribution in [1.82, 2.24) is 20.1 Å². The average Bonchev–Trinajstić information content (AvgIpc) is 3.29. The maximum absolute atomic E-state index is 14.8. The summed E-state index contributed by atoms with van der Waals surface area (Å²) in [5, 5.41) is 11.3. The van der Waals surface area contributed by atoms with Crippen LogP contribution < -0.4 is 5.32 Å². The Morgan fingerprint density at radius 2 is 1.94 bits per heavy atom. The molecule has 1 aliphatic heterocycles. The van der Waals surface area contributed by atoms with Gasteiger partial charge in [0.2, 0.25) is 0 Å². The molecule has 9 nitrogen and oxygen atoms in total. The fourth-order valence-corrected chi connectivity index (χ4v) is 4.48. The summed E-state index contributed by atoms with van der Waals surface area (Å²) < 4.78 is 43.9. The Hall–Kier alpha value is -3.57. The summed E-state index contributed by atoms with van der Waals surface area (Å²) in [5.41, 5.74) is 1.50. The molecule has 5 rings (SSSR count). The minimum absolute atomic E-state index is 0.00564. The van der Waals surface area contributed by atoms with Gasteiger partial charge in [0.25, 0.3) is 5.91 Å². The molecule has 2 aromatic carbocycles. The number of hydrogen-bond donors (Lipinski definition) is 2. The lowest BCUT2D eigenvalue weighted by Gasteiger charge is -2.27. The van der Waals surface area contributed by atoms with Crippen LogP contribution in [0.3, 0.4) is 0 Å². The summed E-state index contributed by atoms with van der Waals surface area (Å²) in [6.45, 7) is 1.73. The van der Waals surface area contributed by atoms with Crippen LogP contribution in [0.15, 0.2) is 47.5 Å². The van der Waals surface area contributed by atoms with Gasteiger partial charge in [-0.25, -0.2) is 17.8 Å². The van der Waals surface area contributed by atoms with Crippen molar-refractivity contribution in [2.75, 3.05) is 37.9 Å². The van der Waals surface area contributed by atoms with E-state index in [2.05, 4.69) is 20.5 Å². The van der Waals surface area contributed by atoms with Gasteiger partial charge in [-0.05, 0) is 36.4 Å². The highest BCUT2D eigenvalue weighted by Crippen LogP contribution is 2.31. The van der Waals surface area contributed by atoms with E-state index in [4.69, 9.17) is 4.74 Å². The number of benzene rings is 2. The van der Waals surface area contributed by atoms with Gasteiger partial charge in [-0.2, -0.15) is 5.10 Å². The van der Waals surface area contributed by atoms with E-state index < -0.39 is 15.7 Å².